The van der Waals surface area contributed by atoms with Gasteiger partial charge in [0.2, 0.25) is 5.82 Å². The van der Waals surface area contributed by atoms with Crippen molar-refractivity contribution in [2.75, 3.05) is 7.11 Å². The number of benzene rings is 5. The number of carbonyl (C=O) groups is 1. The Kier molecular flexibility index (Phi) is 7.89. The van der Waals surface area contributed by atoms with Crippen LogP contribution in [0.3, 0.4) is 0 Å². The van der Waals surface area contributed by atoms with Crippen molar-refractivity contribution in [2.24, 2.45) is 0 Å². The predicted molar refractivity (Wildman–Crippen MR) is 196 cm³/mol. The molecule has 0 unspecified atom stereocenters. The summed E-state index contributed by atoms with van der Waals surface area (Å²) >= 11 is 0. The standard InChI is InChI=1S/C42H34N6O2/c1-28(30-13-12-20-34(25-30)50-2)44-41(49)40-45-36-26-35-38(27-37(36)46-40)48(47-39(35)29-21-23-43-24-22-29)42(31-14-6-3-7-15-31,32-16-8-4-9-17-32)33-18-10-5-11-19-33/h3-28,47H,1-2H3,(H,44,49)/t28-/m1/s1. The molecule has 8 heteroatoms. The second-order valence-corrected chi connectivity index (χ2v) is 12.2. The molecule has 3 heterocycles. The lowest BCUT2D eigenvalue weighted by molar-refractivity contribution is 0.0930. The lowest BCUT2D eigenvalue weighted by Gasteiger charge is -2.37. The minimum absolute atomic E-state index is 0.115. The molecule has 2 N–H and O–H groups in total. The number of amides is 1. The van der Waals surface area contributed by atoms with Crippen molar-refractivity contribution in [3.05, 3.63) is 180 Å². The number of rotatable bonds is 9. The van der Waals surface area contributed by atoms with Crippen LogP contribution in [0, 0.1) is 0 Å². The van der Waals surface area contributed by atoms with Gasteiger partial charge >= 0.3 is 0 Å². The zero-order valence-electron chi connectivity index (χ0n) is 27.6. The second kappa shape index (κ2) is 12.8. The highest BCUT2D eigenvalue weighted by molar-refractivity contribution is 6.03. The van der Waals surface area contributed by atoms with Crippen LogP contribution < -0.4 is 10.1 Å². The topological polar surface area (TPSA) is 97.7 Å². The Morgan fingerprint density at radius 2 is 1.32 bits per heavy atom. The Hall–Kier alpha value is -6.54. The van der Waals surface area contributed by atoms with Crippen molar-refractivity contribution >= 4 is 27.8 Å². The molecular weight excluding hydrogens is 621 g/mol. The molecule has 0 radical (unpaired) electrons. The quantitative estimate of drug-likeness (QED) is 0.153. The molecule has 0 saturated carbocycles. The summed E-state index contributed by atoms with van der Waals surface area (Å²) in [5.74, 6) is 0.492. The van der Waals surface area contributed by atoms with E-state index < -0.39 is 5.54 Å². The summed E-state index contributed by atoms with van der Waals surface area (Å²) in [7, 11) is 1.63. The van der Waals surface area contributed by atoms with Gasteiger partial charge < -0.3 is 10.1 Å². The van der Waals surface area contributed by atoms with Gasteiger partial charge in [-0.1, -0.05) is 103 Å². The van der Waals surface area contributed by atoms with Gasteiger partial charge in [-0.25, -0.2) is 9.97 Å². The smallest absolute Gasteiger partial charge is 0.289 e. The molecule has 50 heavy (non-hydrogen) atoms. The van der Waals surface area contributed by atoms with Gasteiger partial charge in [0.05, 0.1) is 35.4 Å². The van der Waals surface area contributed by atoms with E-state index in [2.05, 4.69) is 92.9 Å². The summed E-state index contributed by atoms with van der Waals surface area (Å²) < 4.78 is 7.61. The summed E-state index contributed by atoms with van der Waals surface area (Å²) in [5, 5.41) is 7.84. The van der Waals surface area contributed by atoms with E-state index in [1.54, 1.807) is 19.5 Å². The average Bonchev–Trinajstić information content (AvgIpc) is 3.77. The molecule has 8 aromatic rings. The van der Waals surface area contributed by atoms with Gasteiger partial charge in [0.15, 0.2) is 0 Å². The number of fused-ring (bicyclic) bond motifs is 2. The van der Waals surface area contributed by atoms with Crippen LogP contribution in [0.15, 0.2) is 152 Å². The molecule has 8 nitrogen and oxygen atoms in total. The first-order valence-corrected chi connectivity index (χ1v) is 16.5. The largest absolute Gasteiger partial charge is 0.497 e. The molecule has 1 amide bonds. The number of hydrogen-bond acceptors (Lipinski definition) is 5. The van der Waals surface area contributed by atoms with E-state index in [1.807, 2.05) is 73.7 Å². The Bertz CT molecular complexity index is 2330. The summed E-state index contributed by atoms with van der Waals surface area (Å²) in [4.78, 5) is 27.4. The summed E-state index contributed by atoms with van der Waals surface area (Å²) in [6.45, 7) is 1.93. The maximum atomic E-state index is 13.6. The molecule has 244 valence electrons. The zero-order chi connectivity index (χ0) is 34.1. The van der Waals surface area contributed by atoms with Crippen LogP contribution in [0.1, 0.15) is 45.8 Å². The summed E-state index contributed by atoms with van der Waals surface area (Å²) in [6, 6.07) is 46.9. The molecule has 0 aliphatic carbocycles. The Labute approximate surface area is 289 Å². The van der Waals surface area contributed by atoms with Gasteiger partial charge in [-0.05, 0) is 65.6 Å². The van der Waals surface area contributed by atoms with E-state index in [0.717, 1.165) is 50.2 Å². The molecule has 0 saturated heterocycles. The number of imidazole rings is 1. The highest BCUT2D eigenvalue weighted by atomic mass is 16.5. The maximum Gasteiger partial charge on any atom is 0.289 e. The van der Waals surface area contributed by atoms with Gasteiger partial charge in [-0.2, -0.15) is 0 Å². The van der Waals surface area contributed by atoms with Crippen LogP contribution >= 0.6 is 0 Å². The first kappa shape index (κ1) is 30.8. The number of nitrogens with zero attached hydrogens (tertiary/aromatic N) is 4. The number of pyridine rings is 1. The van der Waals surface area contributed by atoms with Crippen molar-refractivity contribution in [1.29, 1.82) is 0 Å². The molecule has 0 fully saturated rings. The minimum atomic E-state index is -0.812. The van der Waals surface area contributed by atoms with Crippen molar-refractivity contribution in [3.8, 4) is 17.0 Å². The van der Waals surface area contributed by atoms with E-state index >= 15 is 0 Å². The molecule has 0 bridgehead atoms. The average molecular weight is 655 g/mol. The van der Waals surface area contributed by atoms with E-state index in [1.165, 1.54) is 0 Å². The monoisotopic (exact) mass is 654 g/mol. The SMILES string of the molecule is COc1cccc([C@@H](C)NC(=O)c2nc3cc4c(-c5ccncc5)[nH]n(C(c5ccccc5)(c5ccccc5)c5ccccc5)c4cc3n2)c1. The van der Waals surface area contributed by atoms with Crippen LogP contribution in [0.5, 0.6) is 5.75 Å². The molecular formula is C42H34N6O2. The Morgan fingerprint density at radius 3 is 1.90 bits per heavy atom. The number of carbonyl (C=O) groups excluding carboxylic acids is 1. The third-order valence-electron chi connectivity index (χ3n) is 9.30. The lowest BCUT2D eigenvalue weighted by atomic mass is 9.77. The molecule has 3 aromatic heterocycles. The molecule has 0 aliphatic rings. The molecule has 1 atom stereocenters. The van der Waals surface area contributed by atoms with Crippen molar-refractivity contribution in [2.45, 2.75) is 18.5 Å². The van der Waals surface area contributed by atoms with E-state index in [4.69, 9.17) is 14.7 Å². The third-order valence-corrected chi connectivity index (χ3v) is 9.30. The van der Waals surface area contributed by atoms with Gasteiger partial charge in [-0.3, -0.25) is 19.6 Å². The van der Waals surface area contributed by atoms with E-state index in [9.17, 15) is 4.79 Å². The minimum Gasteiger partial charge on any atom is -0.497 e. The first-order valence-electron chi connectivity index (χ1n) is 16.5. The number of nitrogens with one attached hydrogen (secondary N) is 2. The number of H-pyrrole nitrogens is 1. The second-order valence-electron chi connectivity index (χ2n) is 12.2. The Morgan fingerprint density at radius 1 is 0.740 bits per heavy atom. The molecule has 5 aromatic carbocycles. The number of aromatic amines is 1. The van der Waals surface area contributed by atoms with Crippen molar-refractivity contribution < 1.29 is 9.53 Å². The number of hydrogen-bond donors (Lipinski definition) is 2. The van der Waals surface area contributed by atoms with Crippen LogP contribution in [0.25, 0.3) is 33.2 Å². The van der Waals surface area contributed by atoms with Crippen molar-refractivity contribution in [1.82, 2.24) is 30.0 Å². The van der Waals surface area contributed by atoms with Crippen molar-refractivity contribution in [3.63, 3.8) is 0 Å². The van der Waals surface area contributed by atoms with Gasteiger partial charge in [0.25, 0.3) is 5.91 Å². The summed E-state index contributed by atoms with van der Waals surface area (Å²) in [6.07, 6.45) is 3.58. The highest BCUT2D eigenvalue weighted by Gasteiger charge is 2.40. The number of aromatic nitrogens is 5. The zero-order valence-corrected chi connectivity index (χ0v) is 27.6. The van der Waals surface area contributed by atoms with Gasteiger partial charge in [0, 0.05) is 23.3 Å². The van der Waals surface area contributed by atoms with Crippen LogP contribution in [0.4, 0.5) is 0 Å². The fraction of sp³-hybridized carbons (Fsp3) is 0.0952. The summed E-state index contributed by atoms with van der Waals surface area (Å²) in [5.41, 5.74) is 7.35. The van der Waals surface area contributed by atoms with Crippen LogP contribution in [0.2, 0.25) is 0 Å². The van der Waals surface area contributed by atoms with Gasteiger partial charge in [0.1, 0.15) is 11.3 Å². The van der Waals surface area contributed by atoms with E-state index in [0.29, 0.717) is 11.0 Å². The lowest BCUT2D eigenvalue weighted by Crippen LogP contribution is -2.38. The maximum absolute atomic E-state index is 13.6. The fourth-order valence-electron chi connectivity index (χ4n) is 6.90. The normalized spacial score (nSPS) is 12.2. The number of ether oxygens (including phenoxy) is 1. The van der Waals surface area contributed by atoms with Crippen LogP contribution in [-0.2, 0) is 5.54 Å². The van der Waals surface area contributed by atoms with Crippen LogP contribution in [-0.4, -0.2) is 37.7 Å². The molecule has 0 spiro atoms. The fourth-order valence-corrected chi connectivity index (χ4v) is 6.90. The van der Waals surface area contributed by atoms with E-state index in [-0.39, 0.29) is 17.8 Å². The highest BCUT2D eigenvalue weighted by Crippen LogP contribution is 2.44. The molecule has 0 aliphatic heterocycles. The molecule has 8 rings (SSSR count). The number of methoxy groups -OCH3 is 1. The third kappa shape index (κ3) is 5.27. The predicted octanol–water partition coefficient (Wildman–Crippen LogP) is 8.31. The Balaban J connectivity index is 1.35. The first-order chi connectivity index (χ1) is 24.6. The van der Waals surface area contributed by atoms with Gasteiger partial charge in [-0.15, -0.1) is 0 Å².